The Labute approximate surface area is 142 Å². The molecule has 2 aromatic carbocycles. The molecule has 1 aliphatic heterocycles. The van der Waals surface area contributed by atoms with Gasteiger partial charge in [-0.05, 0) is 35.1 Å². The van der Waals surface area contributed by atoms with Crippen LogP contribution in [0.15, 0.2) is 48.5 Å². The fourth-order valence-electron chi connectivity index (χ4n) is 5.10. The van der Waals surface area contributed by atoms with Crippen molar-refractivity contribution >= 4 is 5.91 Å². The van der Waals surface area contributed by atoms with Crippen LogP contribution >= 0.6 is 0 Å². The summed E-state index contributed by atoms with van der Waals surface area (Å²) in [6.45, 7) is 1.33. The van der Waals surface area contributed by atoms with Crippen molar-refractivity contribution < 1.29 is 9.53 Å². The minimum Gasteiger partial charge on any atom is -0.367 e. The number of benzene rings is 2. The molecule has 3 aliphatic rings. The van der Waals surface area contributed by atoms with E-state index in [9.17, 15) is 4.79 Å². The maximum atomic E-state index is 12.6. The summed E-state index contributed by atoms with van der Waals surface area (Å²) in [5.41, 5.74) is 5.60. The predicted molar refractivity (Wildman–Crippen MR) is 92.1 cm³/mol. The molecule has 0 saturated carbocycles. The van der Waals surface area contributed by atoms with Crippen molar-refractivity contribution in [3.63, 3.8) is 0 Å². The first-order valence-corrected chi connectivity index (χ1v) is 8.76. The van der Waals surface area contributed by atoms with E-state index in [4.69, 9.17) is 4.74 Å². The fraction of sp³-hybridized carbons (Fsp3) is 0.381. The average Bonchev–Trinajstić information content (AvgIpc) is 3.12. The smallest absolute Gasteiger partial charge is 0.251 e. The summed E-state index contributed by atoms with van der Waals surface area (Å²) in [4.78, 5) is 14.4. The third kappa shape index (κ3) is 1.73. The lowest BCUT2D eigenvalue weighted by Crippen LogP contribution is -2.48. The highest BCUT2D eigenvalue weighted by Gasteiger charge is 2.54. The van der Waals surface area contributed by atoms with Crippen molar-refractivity contribution in [1.29, 1.82) is 0 Å². The maximum Gasteiger partial charge on any atom is 0.251 e. The Hall–Kier alpha value is -2.13. The zero-order chi connectivity index (χ0) is 16.3. The lowest BCUT2D eigenvalue weighted by molar-refractivity contribution is -0.152. The summed E-state index contributed by atoms with van der Waals surface area (Å²) in [7, 11) is 1.88. The quantitative estimate of drug-likeness (QED) is 0.851. The zero-order valence-corrected chi connectivity index (χ0v) is 13.9. The van der Waals surface area contributed by atoms with Gasteiger partial charge in [0, 0.05) is 24.9 Å². The van der Waals surface area contributed by atoms with E-state index in [1.807, 2.05) is 11.9 Å². The van der Waals surface area contributed by atoms with Crippen LogP contribution in [0.1, 0.15) is 41.0 Å². The first-order valence-electron chi connectivity index (χ1n) is 8.76. The number of ether oxygens (including phenoxy) is 1. The largest absolute Gasteiger partial charge is 0.367 e. The molecule has 3 nitrogen and oxygen atoms in total. The van der Waals surface area contributed by atoms with Gasteiger partial charge in [-0.25, -0.2) is 0 Å². The van der Waals surface area contributed by atoms with Crippen molar-refractivity contribution in [3.8, 4) is 0 Å². The standard InChI is InChI=1S/C21H21NO2/c1-22-10-11-24-19(20(22)23)13-21-12-16(14-6-2-4-8-17(14)21)15-7-3-5-9-18(15)21/h2-9,16,19H,10-13H2,1H3. The minimum atomic E-state index is -0.332. The maximum absolute atomic E-state index is 12.6. The van der Waals surface area contributed by atoms with Crippen molar-refractivity contribution in [2.24, 2.45) is 0 Å². The summed E-state index contributed by atoms with van der Waals surface area (Å²) in [6, 6.07) is 17.5. The van der Waals surface area contributed by atoms with Gasteiger partial charge in [-0.3, -0.25) is 4.79 Å². The second-order valence-electron chi connectivity index (χ2n) is 7.34. The van der Waals surface area contributed by atoms with Crippen LogP contribution in [0.4, 0.5) is 0 Å². The lowest BCUT2D eigenvalue weighted by atomic mass is 9.71. The van der Waals surface area contributed by atoms with E-state index in [1.54, 1.807) is 0 Å². The number of rotatable bonds is 2. The first kappa shape index (κ1) is 14.2. The van der Waals surface area contributed by atoms with Gasteiger partial charge in [0.1, 0.15) is 6.10 Å². The highest BCUT2D eigenvalue weighted by Crippen LogP contribution is 2.62. The highest BCUT2D eigenvalue weighted by atomic mass is 16.5. The topological polar surface area (TPSA) is 29.5 Å². The Kier molecular flexibility index (Phi) is 2.93. The zero-order valence-electron chi connectivity index (χ0n) is 13.9. The Morgan fingerprint density at radius 1 is 1.08 bits per heavy atom. The highest BCUT2D eigenvalue weighted by molar-refractivity contribution is 5.82. The van der Waals surface area contributed by atoms with Gasteiger partial charge >= 0.3 is 0 Å². The van der Waals surface area contributed by atoms with Crippen molar-refractivity contribution in [2.45, 2.75) is 30.3 Å². The van der Waals surface area contributed by atoms with Gasteiger partial charge in [0.05, 0.1) is 6.61 Å². The number of nitrogens with zero attached hydrogens (tertiary/aromatic N) is 1. The van der Waals surface area contributed by atoms with E-state index >= 15 is 0 Å². The molecule has 0 N–H and O–H groups in total. The third-order valence-electron chi connectivity index (χ3n) is 6.19. The van der Waals surface area contributed by atoms with E-state index in [1.165, 1.54) is 22.3 Å². The Morgan fingerprint density at radius 3 is 2.38 bits per heavy atom. The molecule has 1 amide bonds. The predicted octanol–water partition coefficient (Wildman–Crippen LogP) is 3.07. The number of carbonyl (C=O) groups is 1. The second-order valence-corrected chi connectivity index (χ2v) is 7.34. The molecule has 1 heterocycles. The molecule has 3 heteroatoms. The van der Waals surface area contributed by atoms with Gasteiger partial charge in [-0.15, -0.1) is 0 Å². The molecule has 2 aliphatic carbocycles. The summed E-state index contributed by atoms with van der Waals surface area (Å²) < 4.78 is 5.91. The number of amides is 1. The molecule has 0 aromatic heterocycles. The van der Waals surface area contributed by atoms with E-state index in [2.05, 4.69) is 48.5 Å². The molecule has 1 atom stereocenters. The van der Waals surface area contributed by atoms with Gasteiger partial charge in [0.2, 0.25) is 0 Å². The average molecular weight is 319 g/mol. The number of carbonyl (C=O) groups excluding carboxylic acids is 1. The van der Waals surface area contributed by atoms with E-state index in [-0.39, 0.29) is 17.4 Å². The van der Waals surface area contributed by atoms with Crippen LogP contribution in [0.2, 0.25) is 0 Å². The van der Waals surface area contributed by atoms with Crippen LogP contribution in [0.25, 0.3) is 0 Å². The minimum absolute atomic E-state index is 0.0731. The van der Waals surface area contributed by atoms with Crippen LogP contribution < -0.4 is 0 Å². The molecular formula is C21H21NO2. The molecule has 2 aromatic rings. The van der Waals surface area contributed by atoms with Crippen LogP contribution in [0.3, 0.4) is 0 Å². The Bertz CT molecular complexity index is 781. The van der Waals surface area contributed by atoms with Crippen LogP contribution in [0.5, 0.6) is 0 Å². The number of morpholine rings is 1. The molecule has 5 rings (SSSR count). The molecule has 122 valence electrons. The second kappa shape index (κ2) is 4.93. The monoisotopic (exact) mass is 319 g/mol. The molecule has 24 heavy (non-hydrogen) atoms. The van der Waals surface area contributed by atoms with Crippen LogP contribution in [-0.2, 0) is 14.9 Å². The lowest BCUT2D eigenvalue weighted by Gasteiger charge is -2.37. The summed E-state index contributed by atoms with van der Waals surface area (Å²) >= 11 is 0. The van der Waals surface area contributed by atoms with Crippen molar-refractivity contribution in [1.82, 2.24) is 4.90 Å². The van der Waals surface area contributed by atoms with Gasteiger partial charge in [0.15, 0.2) is 0 Å². The van der Waals surface area contributed by atoms with Crippen LogP contribution in [0, 0.1) is 0 Å². The van der Waals surface area contributed by atoms with E-state index in [0.29, 0.717) is 19.1 Å². The molecule has 1 unspecified atom stereocenters. The molecule has 1 saturated heterocycles. The first-order chi connectivity index (χ1) is 11.7. The summed E-state index contributed by atoms with van der Waals surface area (Å²) in [5.74, 6) is 0.592. The van der Waals surface area contributed by atoms with Gasteiger partial charge in [0.25, 0.3) is 5.91 Å². The SMILES string of the molecule is CN1CCOC(CC23CC(c4ccccc42)c2ccccc23)C1=O. The van der Waals surface area contributed by atoms with Gasteiger partial charge in [-0.1, -0.05) is 48.5 Å². The normalized spacial score (nSPS) is 30.4. The summed E-state index contributed by atoms with van der Waals surface area (Å²) in [6.07, 6.45) is 1.49. The van der Waals surface area contributed by atoms with Gasteiger partial charge in [-0.2, -0.15) is 0 Å². The third-order valence-corrected chi connectivity index (χ3v) is 6.19. The van der Waals surface area contributed by atoms with Gasteiger partial charge < -0.3 is 9.64 Å². The fourth-order valence-corrected chi connectivity index (χ4v) is 5.10. The Balaban J connectivity index is 1.63. The molecular weight excluding hydrogens is 298 g/mol. The molecule has 0 radical (unpaired) electrons. The number of hydrogen-bond acceptors (Lipinski definition) is 2. The van der Waals surface area contributed by atoms with Crippen molar-refractivity contribution in [3.05, 3.63) is 70.8 Å². The molecule has 0 spiro atoms. The molecule has 2 bridgehead atoms. The number of likely N-dealkylation sites (N-methyl/N-ethyl adjacent to an activating group) is 1. The van der Waals surface area contributed by atoms with Crippen LogP contribution in [-0.4, -0.2) is 37.1 Å². The number of hydrogen-bond donors (Lipinski definition) is 0. The number of fused-ring (bicyclic) bond motifs is 8. The van der Waals surface area contributed by atoms with E-state index < -0.39 is 0 Å². The summed E-state index contributed by atoms with van der Waals surface area (Å²) in [5, 5.41) is 0. The van der Waals surface area contributed by atoms with E-state index in [0.717, 1.165) is 12.8 Å². The van der Waals surface area contributed by atoms with Crippen molar-refractivity contribution in [2.75, 3.05) is 20.2 Å². The Morgan fingerprint density at radius 2 is 1.71 bits per heavy atom. The molecule has 1 fully saturated rings.